The van der Waals surface area contributed by atoms with Crippen molar-refractivity contribution < 1.29 is 37.3 Å². The molecule has 3 heterocycles. The van der Waals surface area contributed by atoms with E-state index in [2.05, 4.69) is 9.97 Å². The van der Waals surface area contributed by atoms with E-state index in [9.17, 15) is 18.0 Å². The quantitative estimate of drug-likeness (QED) is 0.794. The fraction of sp³-hybridized carbons (Fsp3) is 0.412. The molecule has 0 aliphatic carbocycles. The lowest BCUT2D eigenvalue weighted by atomic mass is 10.1. The summed E-state index contributed by atoms with van der Waals surface area (Å²) in [7, 11) is 1.51. The maximum absolute atomic E-state index is 12.9. The number of aryl methyl sites for hydroxylation is 1. The molecule has 0 saturated carbocycles. The number of carbonyl (C=O) groups is 2. The summed E-state index contributed by atoms with van der Waals surface area (Å²) in [6, 6.07) is 3.29. The van der Waals surface area contributed by atoms with Gasteiger partial charge in [-0.1, -0.05) is 0 Å². The Labute approximate surface area is 167 Å². The van der Waals surface area contributed by atoms with Crippen LogP contribution in [-0.4, -0.2) is 64.9 Å². The molecule has 8 nitrogen and oxygen atoms in total. The monoisotopic (exact) mass is 433 g/mol. The fourth-order valence-corrected chi connectivity index (χ4v) is 3.16. The van der Waals surface area contributed by atoms with E-state index in [4.69, 9.17) is 19.4 Å². The van der Waals surface area contributed by atoms with Crippen LogP contribution in [-0.2, 0) is 9.53 Å². The van der Waals surface area contributed by atoms with Crippen LogP contribution in [0.4, 0.5) is 13.2 Å². The van der Waals surface area contributed by atoms with E-state index in [1.54, 1.807) is 34.6 Å². The third-order valence-electron chi connectivity index (χ3n) is 3.80. The van der Waals surface area contributed by atoms with Gasteiger partial charge in [-0.2, -0.15) is 13.2 Å². The standard InChI is InChI=1S/C15H17N3O3S.C2HF3O2/c1-10-17-12(9-22-10)13-8-21-7-6-18(13)15(19)11-4-3-5-16-14(11)20-2;3-2(4,5)1(6)7/h3-5,9,13H,6-8H2,1-2H3;(H,6,7). The van der Waals surface area contributed by atoms with Crippen LogP contribution in [0.15, 0.2) is 23.7 Å². The van der Waals surface area contributed by atoms with Gasteiger partial charge in [-0.25, -0.2) is 14.8 Å². The minimum atomic E-state index is -5.08. The molecule has 1 saturated heterocycles. The van der Waals surface area contributed by atoms with E-state index < -0.39 is 12.1 Å². The molecule has 3 rings (SSSR count). The number of carboxylic acid groups (broad SMARTS) is 1. The molecular weight excluding hydrogens is 415 g/mol. The zero-order chi connectivity index (χ0) is 21.6. The highest BCUT2D eigenvalue weighted by Crippen LogP contribution is 2.28. The summed E-state index contributed by atoms with van der Waals surface area (Å²) in [4.78, 5) is 32.2. The number of ether oxygens (including phenoxy) is 2. The molecule has 1 amide bonds. The number of rotatable bonds is 3. The molecule has 1 aliphatic rings. The maximum Gasteiger partial charge on any atom is 0.490 e. The predicted octanol–water partition coefficient (Wildman–Crippen LogP) is 2.70. The Morgan fingerprint density at radius 1 is 1.41 bits per heavy atom. The number of methoxy groups -OCH3 is 1. The molecule has 1 unspecified atom stereocenters. The first-order chi connectivity index (χ1) is 13.6. The number of alkyl halides is 3. The van der Waals surface area contributed by atoms with Crippen molar-refractivity contribution in [1.82, 2.24) is 14.9 Å². The number of nitrogens with zero attached hydrogens (tertiary/aromatic N) is 3. The lowest BCUT2D eigenvalue weighted by molar-refractivity contribution is -0.192. The van der Waals surface area contributed by atoms with Gasteiger partial charge < -0.3 is 19.5 Å². The van der Waals surface area contributed by atoms with Gasteiger partial charge in [0.25, 0.3) is 5.91 Å². The zero-order valence-electron chi connectivity index (χ0n) is 15.5. The number of carboxylic acids is 1. The van der Waals surface area contributed by atoms with E-state index in [-0.39, 0.29) is 11.9 Å². The van der Waals surface area contributed by atoms with Crippen molar-refractivity contribution in [2.24, 2.45) is 0 Å². The van der Waals surface area contributed by atoms with Gasteiger partial charge in [0.15, 0.2) is 0 Å². The molecule has 0 bridgehead atoms. The topological polar surface area (TPSA) is 102 Å². The highest BCUT2D eigenvalue weighted by molar-refractivity contribution is 7.09. The molecule has 1 aliphatic heterocycles. The summed E-state index contributed by atoms with van der Waals surface area (Å²) < 4.78 is 42.5. The summed E-state index contributed by atoms with van der Waals surface area (Å²) in [5, 5.41) is 10.1. The number of pyridine rings is 1. The zero-order valence-corrected chi connectivity index (χ0v) is 16.3. The SMILES string of the molecule is COc1ncccc1C(=O)N1CCOCC1c1csc(C)n1.O=C(O)C(F)(F)F. The Hall–Kier alpha value is -2.73. The summed E-state index contributed by atoms with van der Waals surface area (Å²) in [5.74, 6) is -2.52. The number of hydrogen-bond donors (Lipinski definition) is 1. The number of morpholine rings is 1. The Bertz CT molecular complexity index is 859. The molecule has 0 spiro atoms. The smallest absolute Gasteiger partial charge is 0.480 e. The van der Waals surface area contributed by atoms with Gasteiger partial charge in [0.1, 0.15) is 5.56 Å². The molecule has 0 aromatic carbocycles. The summed E-state index contributed by atoms with van der Waals surface area (Å²) in [6.45, 7) is 3.46. The van der Waals surface area contributed by atoms with E-state index in [1.165, 1.54) is 7.11 Å². The van der Waals surface area contributed by atoms with E-state index in [0.29, 0.717) is 31.2 Å². The van der Waals surface area contributed by atoms with E-state index in [0.717, 1.165) is 10.7 Å². The van der Waals surface area contributed by atoms with Crippen LogP contribution in [0.3, 0.4) is 0 Å². The average Bonchev–Trinajstić information content (AvgIpc) is 3.13. The number of halogens is 3. The normalized spacial score (nSPS) is 16.6. The highest BCUT2D eigenvalue weighted by atomic mass is 32.1. The summed E-state index contributed by atoms with van der Waals surface area (Å²) >= 11 is 1.57. The van der Waals surface area contributed by atoms with Crippen molar-refractivity contribution in [3.63, 3.8) is 0 Å². The van der Waals surface area contributed by atoms with Gasteiger partial charge in [-0.15, -0.1) is 11.3 Å². The van der Waals surface area contributed by atoms with Crippen LogP contribution in [0.25, 0.3) is 0 Å². The number of amides is 1. The van der Waals surface area contributed by atoms with Crippen LogP contribution in [0.5, 0.6) is 5.88 Å². The Kier molecular flexibility index (Phi) is 7.51. The van der Waals surface area contributed by atoms with Crippen molar-refractivity contribution in [3.8, 4) is 5.88 Å². The highest BCUT2D eigenvalue weighted by Gasteiger charge is 2.38. The van der Waals surface area contributed by atoms with Crippen molar-refractivity contribution in [3.05, 3.63) is 40.0 Å². The van der Waals surface area contributed by atoms with Gasteiger partial charge in [-0.05, 0) is 19.1 Å². The Morgan fingerprint density at radius 2 is 2.10 bits per heavy atom. The van der Waals surface area contributed by atoms with Gasteiger partial charge in [0.05, 0.1) is 37.1 Å². The predicted molar refractivity (Wildman–Crippen MR) is 95.9 cm³/mol. The number of carbonyl (C=O) groups excluding carboxylic acids is 1. The first kappa shape index (κ1) is 22.6. The number of thiazole rings is 1. The first-order valence-corrected chi connectivity index (χ1v) is 9.13. The third kappa shape index (κ3) is 5.87. The molecule has 0 radical (unpaired) electrons. The van der Waals surface area contributed by atoms with Crippen molar-refractivity contribution in [1.29, 1.82) is 0 Å². The summed E-state index contributed by atoms with van der Waals surface area (Å²) in [6.07, 6.45) is -3.48. The van der Waals surface area contributed by atoms with Crippen molar-refractivity contribution in [2.45, 2.75) is 19.1 Å². The first-order valence-electron chi connectivity index (χ1n) is 8.25. The van der Waals surface area contributed by atoms with Crippen LogP contribution in [0.1, 0.15) is 27.1 Å². The lowest BCUT2D eigenvalue weighted by Gasteiger charge is -2.34. The minimum absolute atomic E-state index is 0.107. The fourth-order valence-electron chi connectivity index (χ4n) is 2.50. The molecule has 29 heavy (non-hydrogen) atoms. The Morgan fingerprint density at radius 3 is 2.66 bits per heavy atom. The summed E-state index contributed by atoms with van der Waals surface area (Å²) in [5.41, 5.74) is 1.34. The third-order valence-corrected chi connectivity index (χ3v) is 4.60. The number of hydrogen-bond acceptors (Lipinski definition) is 7. The molecule has 2 aromatic heterocycles. The second-order valence-corrected chi connectivity index (χ2v) is 6.81. The largest absolute Gasteiger partial charge is 0.490 e. The number of aromatic nitrogens is 2. The van der Waals surface area contributed by atoms with Crippen molar-refractivity contribution in [2.75, 3.05) is 26.9 Å². The average molecular weight is 433 g/mol. The molecule has 1 atom stereocenters. The second-order valence-electron chi connectivity index (χ2n) is 5.74. The van der Waals surface area contributed by atoms with Crippen molar-refractivity contribution >= 4 is 23.2 Å². The molecule has 12 heteroatoms. The number of aliphatic carboxylic acids is 1. The van der Waals surface area contributed by atoms with Gasteiger partial charge >= 0.3 is 12.1 Å². The van der Waals surface area contributed by atoms with Gasteiger partial charge in [0.2, 0.25) is 5.88 Å². The van der Waals surface area contributed by atoms with Crippen LogP contribution < -0.4 is 4.74 Å². The van der Waals surface area contributed by atoms with Crippen LogP contribution >= 0.6 is 11.3 Å². The van der Waals surface area contributed by atoms with Crippen LogP contribution in [0, 0.1) is 6.92 Å². The van der Waals surface area contributed by atoms with E-state index in [1.807, 2.05) is 12.3 Å². The molecule has 2 aromatic rings. The second kappa shape index (κ2) is 9.65. The molecular formula is C17H18F3N3O5S. The van der Waals surface area contributed by atoms with Gasteiger partial charge in [0, 0.05) is 18.1 Å². The lowest BCUT2D eigenvalue weighted by Crippen LogP contribution is -2.43. The molecule has 158 valence electrons. The van der Waals surface area contributed by atoms with Gasteiger partial charge in [-0.3, -0.25) is 4.79 Å². The van der Waals surface area contributed by atoms with E-state index >= 15 is 0 Å². The Balaban J connectivity index is 0.000000370. The molecule has 1 N–H and O–H groups in total. The maximum atomic E-state index is 12.9. The molecule has 1 fully saturated rings. The van der Waals surface area contributed by atoms with Crippen LogP contribution in [0.2, 0.25) is 0 Å². The minimum Gasteiger partial charge on any atom is -0.480 e.